The van der Waals surface area contributed by atoms with Crippen LogP contribution in [0.4, 0.5) is 0 Å². The van der Waals surface area contributed by atoms with Crippen molar-refractivity contribution < 1.29 is 0 Å². The van der Waals surface area contributed by atoms with Crippen molar-refractivity contribution in [1.29, 1.82) is 0 Å². The smallest absolute Gasteiger partial charge is 0.125 e. The van der Waals surface area contributed by atoms with Crippen molar-refractivity contribution in [2.24, 2.45) is 0 Å². The van der Waals surface area contributed by atoms with Crippen molar-refractivity contribution in [3.8, 4) is 11.5 Å². The van der Waals surface area contributed by atoms with Gasteiger partial charge in [0.15, 0.2) is 0 Å². The largest absolute Gasteiger partial charge is 0.146 e. The fourth-order valence-electron chi connectivity index (χ4n) is 4.36. The van der Waals surface area contributed by atoms with Gasteiger partial charge >= 0.3 is 0 Å². The van der Waals surface area contributed by atoms with Crippen LogP contribution in [0.5, 0.6) is 0 Å². The summed E-state index contributed by atoms with van der Waals surface area (Å²) in [4.78, 5) is 0. The first-order valence-corrected chi connectivity index (χ1v) is 12.4. The average molecular weight is 347 g/mol. The van der Waals surface area contributed by atoms with Crippen LogP contribution >= 0.6 is 0 Å². The van der Waals surface area contributed by atoms with Gasteiger partial charge in [0.25, 0.3) is 0 Å². The van der Waals surface area contributed by atoms with Gasteiger partial charge in [-0.25, -0.2) is 0 Å². The van der Waals surface area contributed by atoms with Gasteiger partial charge in [-0.05, 0) is 53.5 Å². The SMILES string of the molecule is CC/C=C(CC)/C(CC)=C(/C#C[Si](C(C)C)(C(C)C)C(C)C)CC. The minimum absolute atomic E-state index is 0.699. The molecular formula is C23H42Si. The molecule has 24 heavy (non-hydrogen) atoms. The lowest BCUT2D eigenvalue weighted by molar-refractivity contribution is 0.838. The molecule has 0 saturated heterocycles. The third-order valence-electron chi connectivity index (χ3n) is 5.59. The van der Waals surface area contributed by atoms with Crippen molar-refractivity contribution in [2.45, 2.75) is 112 Å². The number of hydrogen-bond donors (Lipinski definition) is 0. The molecule has 0 N–H and O–H groups in total. The molecule has 0 rings (SSSR count). The Bertz CT molecular complexity index is 470. The molecule has 0 aromatic rings. The summed E-state index contributed by atoms with van der Waals surface area (Å²) in [7, 11) is -1.64. The Labute approximate surface area is 154 Å². The van der Waals surface area contributed by atoms with Gasteiger partial charge in [0.2, 0.25) is 0 Å². The van der Waals surface area contributed by atoms with E-state index in [0.29, 0.717) is 16.6 Å². The Morgan fingerprint density at radius 2 is 1.29 bits per heavy atom. The van der Waals surface area contributed by atoms with Crippen LogP contribution in [0.2, 0.25) is 16.6 Å². The standard InChI is InChI=1S/C23H42Si/c1-11-15-21(12-2)23(14-4)22(13-3)16-17-24(18(5)6,19(7)8)20(9)10/h15,18-20H,11-14H2,1-10H3/b21-15+,23-22+. The monoisotopic (exact) mass is 346 g/mol. The van der Waals surface area contributed by atoms with Crippen LogP contribution in [0.3, 0.4) is 0 Å². The molecule has 0 aromatic heterocycles. The predicted molar refractivity (Wildman–Crippen MR) is 115 cm³/mol. The molecule has 0 fully saturated rings. The highest BCUT2D eigenvalue weighted by Crippen LogP contribution is 2.41. The third kappa shape index (κ3) is 5.38. The second-order valence-corrected chi connectivity index (χ2v) is 13.4. The Morgan fingerprint density at radius 1 is 0.792 bits per heavy atom. The Kier molecular flexibility index (Phi) is 10.6. The lowest BCUT2D eigenvalue weighted by Gasteiger charge is -2.38. The highest BCUT2D eigenvalue weighted by atomic mass is 28.3. The summed E-state index contributed by atoms with van der Waals surface area (Å²) < 4.78 is 0. The summed E-state index contributed by atoms with van der Waals surface area (Å²) in [5.41, 5.74) is 10.4. The first kappa shape index (κ1) is 23.3. The Balaban J connectivity index is 6.27. The van der Waals surface area contributed by atoms with Crippen LogP contribution in [0.15, 0.2) is 22.8 Å². The van der Waals surface area contributed by atoms with Gasteiger partial charge in [0.1, 0.15) is 8.07 Å². The average Bonchev–Trinajstić information content (AvgIpc) is 2.51. The number of rotatable bonds is 8. The summed E-state index contributed by atoms with van der Waals surface area (Å²) in [6.07, 6.45) is 6.77. The highest BCUT2D eigenvalue weighted by molar-refractivity contribution is 6.90. The summed E-state index contributed by atoms with van der Waals surface area (Å²) in [6, 6.07) is 0. The minimum atomic E-state index is -1.64. The summed E-state index contributed by atoms with van der Waals surface area (Å²) in [5.74, 6) is 3.73. The van der Waals surface area contributed by atoms with Gasteiger partial charge in [-0.15, -0.1) is 5.54 Å². The molecule has 0 aliphatic rings. The van der Waals surface area contributed by atoms with E-state index >= 15 is 0 Å². The maximum Gasteiger partial charge on any atom is 0.146 e. The molecule has 0 aliphatic heterocycles. The lowest BCUT2D eigenvalue weighted by Crippen LogP contribution is -2.43. The Hall–Kier alpha value is -0.743. The molecule has 0 atom stereocenters. The van der Waals surface area contributed by atoms with Gasteiger partial charge in [0, 0.05) is 5.57 Å². The molecule has 0 nitrogen and oxygen atoms in total. The fourth-order valence-corrected chi connectivity index (χ4v) is 9.59. The van der Waals surface area contributed by atoms with Crippen LogP contribution in [0.1, 0.15) is 94.9 Å². The van der Waals surface area contributed by atoms with Gasteiger partial charge < -0.3 is 0 Å². The summed E-state index contributed by atoms with van der Waals surface area (Å²) >= 11 is 0. The molecule has 0 amide bonds. The minimum Gasteiger partial charge on any atom is -0.125 e. The van der Waals surface area contributed by atoms with Crippen LogP contribution < -0.4 is 0 Å². The molecule has 0 bridgehead atoms. The van der Waals surface area contributed by atoms with Crippen LogP contribution in [-0.4, -0.2) is 8.07 Å². The van der Waals surface area contributed by atoms with Gasteiger partial charge in [0.05, 0.1) is 0 Å². The van der Waals surface area contributed by atoms with Gasteiger partial charge in [-0.2, -0.15) is 0 Å². The van der Waals surface area contributed by atoms with E-state index in [1.54, 1.807) is 0 Å². The third-order valence-corrected chi connectivity index (χ3v) is 11.9. The molecular weight excluding hydrogens is 304 g/mol. The van der Waals surface area contributed by atoms with Crippen LogP contribution in [-0.2, 0) is 0 Å². The van der Waals surface area contributed by atoms with E-state index in [9.17, 15) is 0 Å². The molecule has 0 unspecified atom stereocenters. The lowest BCUT2D eigenvalue weighted by atomic mass is 9.94. The molecule has 138 valence electrons. The zero-order chi connectivity index (χ0) is 18.9. The topological polar surface area (TPSA) is 0 Å². The molecule has 0 heterocycles. The summed E-state index contributed by atoms with van der Waals surface area (Å²) in [5, 5.41) is 0. The molecule has 0 radical (unpaired) electrons. The van der Waals surface area contributed by atoms with E-state index in [1.165, 1.54) is 16.7 Å². The zero-order valence-electron chi connectivity index (χ0n) is 18.1. The molecule has 0 aliphatic carbocycles. The van der Waals surface area contributed by atoms with E-state index in [1.807, 2.05) is 0 Å². The second-order valence-electron chi connectivity index (χ2n) is 7.80. The fraction of sp³-hybridized carbons (Fsp3) is 0.739. The van der Waals surface area contributed by atoms with Crippen molar-refractivity contribution in [1.82, 2.24) is 0 Å². The molecule has 0 spiro atoms. The maximum absolute atomic E-state index is 3.92. The van der Waals surface area contributed by atoms with E-state index in [-0.39, 0.29) is 0 Å². The zero-order valence-corrected chi connectivity index (χ0v) is 19.1. The maximum atomic E-state index is 3.92. The molecule has 0 aromatic carbocycles. The predicted octanol–water partition coefficient (Wildman–Crippen LogP) is 8.07. The van der Waals surface area contributed by atoms with Gasteiger partial charge in [-0.1, -0.05) is 81.2 Å². The Morgan fingerprint density at radius 3 is 1.58 bits per heavy atom. The van der Waals surface area contributed by atoms with Crippen molar-refractivity contribution in [3.05, 3.63) is 22.8 Å². The quantitative estimate of drug-likeness (QED) is 0.237. The first-order chi connectivity index (χ1) is 11.2. The number of allylic oxidation sites excluding steroid dienone is 4. The van der Waals surface area contributed by atoms with E-state index in [0.717, 1.165) is 25.7 Å². The molecule has 0 saturated carbocycles. The van der Waals surface area contributed by atoms with E-state index < -0.39 is 8.07 Å². The summed E-state index contributed by atoms with van der Waals surface area (Å²) in [6.45, 7) is 23.4. The highest BCUT2D eigenvalue weighted by Gasteiger charge is 2.41. The van der Waals surface area contributed by atoms with E-state index in [4.69, 9.17) is 0 Å². The van der Waals surface area contributed by atoms with Crippen LogP contribution in [0, 0.1) is 11.5 Å². The number of hydrogen-bond acceptors (Lipinski definition) is 0. The second kappa shape index (κ2) is 11.0. The van der Waals surface area contributed by atoms with Crippen molar-refractivity contribution >= 4 is 8.07 Å². The molecule has 1 heteroatoms. The normalized spacial score (nSPS) is 14.1. The first-order valence-electron chi connectivity index (χ1n) is 10.2. The van der Waals surface area contributed by atoms with Crippen molar-refractivity contribution in [3.63, 3.8) is 0 Å². The van der Waals surface area contributed by atoms with Gasteiger partial charge in [-0.3, -0.25) is 0 Å². The van der Waals surface area contributed by atoms with Crippen LogP contribution in [0.25, 0.3) is 0 Å². The van der Waals surface area contributed by atoms with E-state index in [2.05, 4.69) is 86.8 Å². The van der Waals surface area contributed by atoms with Crippen molar-refractivity contribution in [2.75, 3.05) is 0 Å².